The molecule has 1 fully saturated rings. The fourth-order valence-corrected chi connectivity index (χ4v) is 2.32. The predicted octanol–water partition coefficient (Wildman–Crippen LogP) is 3.16. The summed E-state index contributed by atoms with van der Waals surface area (Å²) in [6.45, 7) is 1.93. The molecule has 1 aliphatic rings. The molecular weight excluding hydrogens is 232 g/mol. The molecule has 0 aromatic heterocycles. The zero-order valence-corrected chi connectivity index (χ0v) is 9.66. The molecule has 2 rings (SSSR count). The summed E-state index contributed by atoms with van der Waals surface area (Å²) in [7, 11) is 0. The van der Waals surface area contributed by atoms with Gasteiger partial charge in [-0.2, -0.15) is 0 Å². The third-order valence-corrected chi connectivity index (χ3v) is 3.29. The SMILES string of the molecule is Fc1cc(F)c(CC2CCCNC2)cc1Cl. The van der Waals surface area contributed by atoms with Gasteiger partial charge in [0.05, 0.1) is 5.02 Å². The highest BCUT2D eigenvalue weighted by Crippen LogP contribution is 2.23. The van der Waals surface area contributed by atoms with E-state index in [1.807, 2.05) is 0 Å². The Bertz CT molecular complexity index is 376. The molecule has 1 heterocycles. The molecule has 0 amide bonds. The van der Waals surface area contributed by atoms with Crippen LogP contribution in [0.4, 0.5) is 8.78 Å². The van der Waals surface area contributed by atoms with E-state index in [2.05, 4.69) is 5.32 Å². The molecule has 0 saturated carbocycles. The molecule has 4 heteroatoms. The Labute approximate surface area is 98.8 Å². The summed E-state index contributed by atoms with van der Waals surface area (Å²) >= 11 is 5.65. The van der Waals surface area contributed by atoms with E-state index in [0.29, 0.717) is 17.9 Å². The third kappa shape index (κ3) is 2.71. The van der Waals surface area contributed by atoms with Crippen molar-refractivity contribution < 1.29 is 8.78 Å². The summed E-state index contributed by atoms with van der Waals surface area (Å²) in [5, 5.41) is 3.27. The maximum atomic E-state index is 13.5. The van der Waals surface area contributed by atoms with Crippen molar-refractivity contribution in [2.24, 2.45) is 5.92 Å². The third-order valence-electron chi connectivity index (χ3n) is 3.00. The van der Waals surface area contributed by atoms with E-state index in [1.54, 1.807) is 0 Å². The van der Waals surface area contributed by atoms with Crippen molar-refractivity contribution in [2.45, 2.75) is 19.3 Å². The van der Waals surface area contributed by atoms with Gasteiger partial charge in [0, 0.05) is 6.07 Å². The van der Waals surface area contributed by atoms with Crippen LogP contribution in [0.25, 0.3) is 0 Å². The number of benzene rings is 1. The standard InChI is InChI=1S/C12H14ClF2N/c13-10-5-9(11(14)6-12(10)15)4-8-2-1-3-16-7-8/h5-6,8,16H,1-4,7H2. The highest BCUT2D eigenvalue weighted by atomic mass is 35.5. The van der Waals surface area contributed by atoms with Crippen LogP contribution in [0, 0.1) is 17.6 Å². The van der Waals surface area contributed by atoms with Crippen molar-refractivity contribution in [2.75, 3.05) is 13.1 Å². The average Bonchev–Trinajstić information content (AvgIpc) is 2.27. The van der Waals surface area contributed by atoms with Crippen LogP contribution in [0.2, 0.25) is 5.02 Å². The fraction of sp³-hybridized carbons (Fsp3) is 0.500. The molecule has 0 radical (unpaired) electrons. The molecule has 1 saturated heterocycles. The summed E-state index contributed by atoms with van der Waals surface area (Å²) in [6, 6.07) is 2.27. The number of halogens is 3. The number of hydrogen-bond donors (Lipinski definition) is 1. The molecule has 1 unspecified atom stereocenters. The van der Waals surface area contributed by atoms with Crippen molar-refractivity contribution in [3.05, 3.63) is 34.4 Å². The maximum Gasteiger partial charge on any atom is 0.144 e. The molecule has 0 aliphatic carbocycles. The first kappa shape index (κ1) is 11.8. The Morgan fingerprint density at radius 2 is 2.12 bits per heavy atom. The van der Waals surface area contributed by atoms with Crippen molar-refractivity contribution in [1.82, 2.24) is 5.32 Å². The van der Waals surface area contributed by atoms with Crippen LogP contribution in [-0.2, 0) is 6.42 Å². The average molecular weight is 246 g/mol. The van der Waals surface area contributed by atoms with E-state index in [0.717, 1.165) is 32.0 Å². The fourth-order valence-electron chi connectivity index (χ4n) is 2.13. The Balaban J connectivity index is 2.11. The van der Waals surface area contributed by atoms with Gasteiger partial charge in [-0.25, -0.2) is 8.78 Å². The van der Waals surface area contributed by atoms with Gasteiger partial charge in [0.1, 0.15) is 11.6 Å². The zero-order chi connectivity index (χ0) is 11.5. The van der Waals surface area contributed by atoms with Gasteiger partial charge in [-0.05, 0) is 49.9 Å². The van der Waals surface area contributed by atoms with Crippen LogP contribution in [0.3, 0.4) is 0 Å². The minimum atomic E-state index is -0.690. The van der Waals surface area contributed by atoms with Gasteiger partial charge in [-0.15, -0.1) is 0 Å². The molecule has 1 atom stereocenters. The van der Waals surface area contributed by atoms with Gasteiger partial charge >= 0.3 is 0 Å². The van der Waals surface area contributed by atoms with Gasteiger partial charge in [0.15, 0.2) is 0 Å². The molecule has 0 spiro atoms. The largest absolute Gasteiger partial charge is 0.316 e. The van der Waals surface area contributed by atoms with Gasteiger partial charge < -0.3 is 5.32 Å². The van der Waals surface area contributed by atoms with Crippen LogP contribution in [-0.4, -0.2) is 13.1 Å². The Morgan fingerprint density at radius 3 is 2.81 bits per heavy atom. The van der Waals surface area contributed by atoms with Crippen molar-refractivity contribution in [3.63, 3.8) is 0 Å². The second-order valence-electron chi connectivity index (χ2n) is 4.27. The van der Waals surface area contributed by atoms with Crippen molar-refractivity contribution >= 4 is 11.6 Å². The van der Waals surface area contributed by atoms with E-state index in [1.165, 1.54) is 6.07 Å². The van der Waals surface area contributed by atoms with Gasteiger partial charge in [0.25, 0.3) is 0 Å². The monoisotopic (exact) mass is 245 g/mol. The van der Waals surface area contributed by atoms with E-state index < -0.39 is 11.6 Å². The number of hydrogen-bond acceptors (Lipinski definition) is 1. The summed E-state index contributed by atoms with van der Waals surface area (Å²) in [6.07, 6.45) is 2.82. The second kappa shape index (κ2) is 5.11. The summed E-state index contributed by atoms with van der Waals surface area (Å²) in [5.41, 5.74) is 0.514. The molecule has 0 bridgehead atoms. The van der Waals surface area contributed by atoms with Crippen LogP contribution in [0.15, 0.2) is 12.1 Å². The molecule has 1 N–H and O–H groups in total. The first-order chi connectivity index (χ1) is 7.66. The lowest BCUT2D eigenvalue weighted by atomic mass is 9.92. The van der Waals surface area contributed by atoms with E-state index in [9.17, 15) is 8.78 Å². The lowest BCUT2D eigenvalue weighted by Crippen LogP contribution is -2.31. The van der Waals surface area contributed by atoms with Crippen LogP contribution in [0.1, 0.15) is 18.4 Å². The smallest absolute Gasteiger partial charge is 0.144 e. The van der Waals surface area contributed by atoms with Crippen LogP contribution >= 0.6 is 11.6 Å². The summed E-state index contributed by atoms with van der Waals surface area (Å²) < 4.78 is 26.4. The summed E-state index contributed by atoms with van der Waals surface area (Å²) in [5.74, 6) is -0.762. The van der Waals surface area contributed by atoms with Gasteiger partial charge in [-0.3, -0.25) is 0 Å². The predicted molar refractivity (Wildman–Crippen MR) is 60.7 cm³/mol. The van der Waals surface area contributed by atoms with Crippen LogP contribution < -0.4 is 5.32 Å². The topological polar surface area (TPSA) is 12.0 Å². The van der Waals surface area contributed by atoms with Crippen LogP contribution in [0.5, 0.6) is 0 Å². The second-order valence-corrected chi connectivity index (χ2v) is 4.68. The molecule has 1 aromatic rings. The number of piperidine rings is 1. The minimum Gasteiger partial charge on any atom is -0.316 e. The molecule has 1 aromatic carbocycles. The number of nitrogens with one attached hydrogen (secondary N) is 1. The first-order valence-electron chi connectivity index (χ1n) is 5.51. The zero-order valence-electron chi connectivity index (χ0n) is 8.90. The Kier molecular flexibility index (Phi) is 3.77. The van der Waals surface area contributed by atoms with E-state index >= 15 is 0 Å². The van der Waals surface area contributed by atoms with Crippen molar-refractivity contribution in [3.8, 4) is 0 Å². The Morgan fingerprint density at radius 1 is 1.31 bits per heavy atom. The molecule has 1 nitrogen and oxygen atoms in total. The van der Waals surface area contributed by atoms with Crippen molar-refractivity contribution in [1.29, 1.82) is 0 Å². The van der Waals surface area contributed by atoms with E-state index in [-0.39, 0.29) is 5.02 Å². The number of rotatable bonds is 2. The minimum absolute atomic E-state index is 0.000156. The van der Waals surface area contributed by atoms with E-state index in [4.69, 9.17) is 11.6 Å². The quantitative estimate of drug-likeness (QED) is 0.790. The highest BCUT2D eigenvalue weighted by Gasteiger charge is 2.16. The first-order valence-corrected chi connectivity index (χ1v) is 5.89. The molecule has 88 valence electrons. The lowest BCUT2D eigenvalue weighted by Gasteiger charge is -2.22. The van der Waals surface area contributed by atoms with Gasteiger partial charge in [-0.1, -0.05) is 11.6 Å². The molecule has 16 heavy (non-hydrogen) atoms. The Hall–Kier alpha value is -0.670. The lowest BCUT2D eigenvalue weighted by molar-refractivity contribution is 0.371. The maximum absolute atomic E-state index is 13.5. The van der Waals surface area contributed by atoms with Gasteiger partial charge in [0.2, 0.25) is 0 Å². The highest BCUT2D eigenvalue weighted by molar-refractivity contribution is 6.30. The molecule has 1 aliphatic heterocycles. The normalized spacial score (nSPS) is 21.1. The molecular formula is C12H14ClF2N. The summed E-state index contributed by atoms with van der Waals surface area (Å²) in [4.78, 5) is 0.